The van der Waals surface area contributed by atoms with E-state index in [1.807, 2.05) is 0 Å². The number of hydrogen-bond donors (Lipinski definition) is 0. The van der Waals surface area contributed by atoms with Crippen LogP contribution >= 0.6 is 0 Å². The maximum Gasteiger partial charge on any atom is 0.305 e. The summed E-state index contributed by atoms with van der Waals surface area (Å²) >= 11 is 0. The van der Waals surface area contributed by atoms with Crippen molar-refractivity contribution in [2.45, 2.75) is 13.8 Å². The van der Waals surface area contributed by atoms with Crippen LogP contribution in [0.5, 0.6) is 0 Å². The zero-order chi connectivity index (χ0) is 8.15. The molecule has 0 heterocycles. The third kappa shape index (κ3) is 6.94. The zero-order valence-corrected chi connectivity index (χ0v) is 5.21. The van der Waals surface area contributed by atoms with E-state index in [0.29, 0.717) is 0 Å². The Morgan fingerprint density at radius 2 is 1.67 bits per heavy atom. The Morgan fingerprint density at radius 3 is 1.89 bits per heavy atom. The molecule has 4 heteroatoms. The molecule has 0 aliphatic rings. The van der Waals surface area contributed by atoms with E-state index in [9.17, 15) is 9.59 Å². The first-order chi connectivity index (χ1) is 4.52. The lowest BCUT2D eigenvalue weighted by atomic mass is 10.8. The second-order valence-electron chi connectivity index (χ2n) is 1.32. The van der Waals surface area contributed by atoms with Gasteiger partial charge in [0.1, 0.15) is 1.37 Å². The molecule has 52 valence electrons. The van der Waals surface area contributed by atoms with Gasteiger partial charge >= 0.3 is 11.9 Å². The molecule has 0 atom stereocenters. The van der Waals surface area contributed by atoms with Gasteiger partial charge in [0.2, 0.25) is 6.77 Å². The second kappa shape index (κ2) is 3.88. The quantitative estimate of drug-likeness (QED) is 0.395. The van der Waals surface area contributed by atoms with Crippen LogP contribution in [0, 0.1) is 0 Å². The predicted octanol–water partition coefficient (Wildman–Crippen LogP) is 0.0701. The average Bonchev–Trinajstić information content (AvgIpc) is 1.58. The first-order valence-electron chi connectivity index (χ1n) is 2.87. The highest BCUT2D eigenvalue weighted by molar-refractivity contribution is 5.67. The van der Waals surface area contributed by atoms with E-state index >= 15 is 0 Å². The molecule has 0 bridgehead atoms. The van der Waals surface area contributed by atoms with E-state index in [4.69, 9.17) is 1.37 Å². The molecular formula is C5H8O4. The zero-order valence-electron chi connectivity index (χ0n) is 6.21. The van der Waals surface area contributed by atoms with Gasteiger partial charge in [-0.1, -0.05) is 0 Å². The van der Waals surface area contributed by atoms with Crippen LogP contribution in [-0.2, 0) is 19.1 Å². The minimum atomic E-state index is -1.53. The summed E-state index contributed by atoms with van der Waals surface area (Å²) in [5, 5.41) is 0. The van der Waals surface area contributed by atoms with Crippen molar-refractivity contribution in [3.8, 4) is 0 Å². The lowest BCUT2D eigenvalue weighted by Gasteiger charge is -1.99. The fourth-order valence-electron chi connectivity index (χ4n) is 0.160. The molecule has 0 unspecified atom stereocenters. The Morgan fingerprint density at radius 1 is 1.33 bits per heavy atom. The third-order valence-corrected chi connectivity index (χ3v) is 0.428. The Labute approximate surface area is 54.2 Å². The van der Waals surface area contributed by atoms with Crippen LogP contribution in [0.2, 0.25) is 0 Å². The Bertz CT molecular complexity index is 129. The van der Waals surface area contributed by atoms with Crippen LogP contribution in [-0.4, -0.2) is 18.7 Å². The van der Waals surface area contributed by atoms with Crippen LogP contribution in [0.4, 0.5) is 0 Å². The third-order valence-electron chi connectivity index (χ3n) is 0.428. The molecule has 0 rings (SSSR count). The molecule has 0 aliphatic heterocycles. The summed E-state index contributed by atoms with van der Waals surface area (Å²) in [5.41, 5.74) is 0. The highest BCUT2D eigenvalue weighted by atomic mass is 16.7. The van der Waals surface area contributed by atoms with Gasteiger partial charge in [-0.3, -0.25) is 9.59 Å². The number of carbonyl (C=O) groups is 2. The van der Waals surface area contributed by atoms with Gasteiger partial charge in [-0.15, -0.1) is 0 Å². The van der Waals surface area contributed by atoms with Crippen LogP contribution in [0.3, 0.4) is 0 Å². The van der Waals surface area contributed by atoms with Crippen molar-refractivity contribution in [2.75, 3.05) is 6.77 Å². The Balaban J connectivity index is 3.53. The maximum atomic E-state index is 10.1. The van der Waals surface area contributed by atoms with Crippen LogP contribution < -0.4 is 0 Å². The molecule has 0 saturated heterocycles. The molecule has 0 radical (unpaired) electrons. The number of hydrogen-bond acceptors (Lipinski definition) is 4. The fourth-order valence-corrected chi connectivity index (χ4v) is 0.160. The summed E-state index contributed by atoms with van der Waals surface area (Å²) in [6, 6.07) is 0. The molecule has 0 spiro atoms. The lowest BCUT2D eigenvalue weighted by molar-refractivity contribution is -0.163. The van der Waals surface area contributed by atoms with E-state index in [-0.39, 0.29) is 0 Å². The number of rotatable bonds is 2. The van der Waals surface area contributed by atoms with Crippen molar-refractivity contribution in [1.29, 1.82) is 0 Å². The molecule has 0 aromatic rings. The molecule has 0 fully saturated rings. The minimum absolute atomic E-state index is 0.652. The van der Waals surface area contributed by atoms with E-state index in [2.05, 4.69) is 9.47 Å². The van der Waals surface area contributed by atoms with Gasteiger partial charge in [0, 0.05) is 13.8 Å². The van der Waals surface area contributed by atoms with Crippen LogP contribution in [0.15, 0.2) is 0 Å². The second-order valence-corrected chi connectivity index (χ2v) is 1.32. The standard InChI is InChI=1S/C5H8O4/c1-4(6)8-3-9-5(2)7/h3H2,1-2H3/i3D. The summed E-state index contributed by atoms with van der Waals surface area (Å²) in [4.78, 5) is 20.2. The molecule has 0 aromatic heterocycles. The van der Waals surface area contributed by atoms with E-state index < -0.39 is 18.7 Å². The fraction of sp³-hybridized carbons (Fsp3) is 0.600. The van der Waals surface area contributed by atoms with Crippen molar-refractivity contribution >= 4 is 11.9 Å². The van der Waals surface area contributed by atoms with Gasteiger partial charge in [0.25, 0.3) is 0 Å². The summed E-state index contributed by atoms with van der Waals surface area (Å²) in [5.74, 6) is -1.30. The normalized spacial score (nSPS) is 10.3. The first kappa shape index (κ1) is 6.07. The van der Waals surface area contributed by atoms with Crippen molar-refractivity contribution in [2.24, 2.45) is 0 Å². The van der Waals surface area contributed by atoms with Crippen LogP contribution in [0.1, 0.15) is 15.2 Å². The summed E-state index contributed by atoms with van der Waals surface area (Å²) < 4.78 is 15.0. The maximum absolute atomic E-state index is 10.1. The van der Waals surface area contributed by atoms with Crippen molar-refractivity contribution in [1.82, 2.24) is 0 Å². The van der Waals surface area contributed by atoms with Crippen molar-refractivity contribution < 1.29 is 20.4 Å². The molecule has 0 aromatic carbocycles. The van der Waals surface area contributed by atoms with E-state index in [1.165, 1.54) is 0 Å². The SMILES string of the molecule is [2H]C(OC(C)=O)OC(C)=O. The summed E-state index contributed by atoms with van der Waals surface area (Å²) in [6.45, 7) is 0.728. The largest absolute Gasteiger partial charge is 0.428 e. The van der Waals surface area contributed by atoms with Crippen molar-refractivity contribution in [3.05, 3.63) is 0 Å². The number of carbonyl (C=O) groups excluding carboxylic acids is 2. The molecule has 0 saturated carbocycles. The summed E-state index contributed by atoms with van der Waals surface area (Å²) in [7, 11) is 0. The topological polar surface area (TPSA) is 52.6 Å². The molecular weight excluding hydrogens is 124 g/mol. The van der Waals surface area contributed by atoms with Gasteiger partial charge in [-0.25, -0.2) is 0 Å². The predicted molar refractivity (Wildman–Crippen MR) is 28.4 cm³/mol. The van der Waals surface area contributed by atoms with E-state index in [0.717, 1.165) is 13.8 Å². The molecule has 0 aliphatic carbocycles. The van der Waals surface area contributed by atoms with Gasteiger partial charge in [0.05, 0.1) is 0 Å². The first-order valence-corrected chi connectivity index (χ1v) is 2.29. The monoisotopic (exact) mass is 133 g/mol. The molecule has 9 heavy (non-hydrogen) atoms. The average molecular weight is 133 g/mol. The molecule has 0 amide bonds. The highest BCUT2D eigenvalue weighted by Gasteiger charge is 1.93. The van der Waals surface area contributed by atoms with Gasteiger partial charge < -0.3 is 9.47 Å². The van der Waals surface area contributed by atoms with Crippen LogP contribution in [0.25, 0.3) is 0 Å². The smallest absolute Gasteiger partial charge is 0.305 e. The molecule has 4 nitrogen and oxygen atoms in total. The summed E-state index contributed by atoms with van der Waals surface area (Å²) in [6.07, 6.45) is 0. The Hall–Kier alpha value is -1.06. The van der Waals surface area contributed by atoms with Gasteiger partial charge in [0.15, 0.2) is 0 Å². The lowest BCUT2D eigenvalue weighted by Crippen LogP contribution is -2.07. The highest BCUT2D eigenvalue weighted by Crippen LogP contribution is 1.79. The number of ether oxygens (including phenoxy) is 2. The molecule has 0 N–H and O–H groups in total. The Kier molecular flexibility index (Phi) is 2.62. The van der Waals surface area contributed by atoms with E-state index in [1.54, 1.807) is 0 Å². The van der Waals surface area contributed by atoms with Gasteiger partial charge in [-0.2, -0.15) is 0 Å². The van der Waals surface area contributed by atoms with Crippen molar-refractivity contribution in [3.63, 3.8) is 0 Å². The minimum Gasteiger partial charge on any atom is -0.428 e. The van der Waals surface area contributed by atoms with Gasteiger partial charge in [-0.05, 0) is 0 Å². The number of esters is 2.